The maximum absolute atomic E-state index is 5.89. The number of imidazole rings is 1. The molecule has 0 aromatic carbocycles. The SMILES string of the molecule is Cn1cncc1-c1nc(N2CCC(N)CC2)n[nH]1. The summed E-state index contributed by atoms with van der Waals surface area (Å²) in [6.45, 7) is 1.84. The zero-order valence-electron chi connectivity index (χ0n) is 10.4. The Balaban J connectivity index is 1.80. The van der Waals surface area contributed by atoms with E-state index in [-0.39, 0.29) is 0 Å². The number of aromatic nitrogens is 5. The molecule has 0 saturated carbocycles. The van der Waals surface area contributed by atoms with Crippen LogP contribution in [0.15, 0.2) is 12.5 Å². The van der Waals surface area contributed by atoms with Crippen LogP contribution in [0.2, 0.25) is 0 Å². The number of nitrogens with two attached hydrogens (primary N) is 1. The number of nitrogens with zero attached hydrogens (tertiary/aromatic N) is 5. The molecule has 7 nitrogen and oxygen atoms in total. The van der Waals surface area contributed by atoms with Crippen LogP contribution in [0.4, 0.5) is 5.95 Å². The highest BCUT2D eigenvalue weighted by Gasteiger charge is 2.20. The minimum atomic E-state index is 0.316. The highest BCUT2D eigenvalue weighted by molar-refractivity contribution is 5.50. The van der Waals surface area contributed by atoms with Crippen molar-refractivity contribution in [1.29, 1.82) is 0 Å². The van der Waals surface area contributed by atoms with Gasteiger partial charge in [-0.05, 0) is 12.8 Å². The molecule has 1 aliphatic rings. The number of piperidine rings is 1. The summed E-state index contributed by atoms with van der Waals surface area (Å²) in [5.41, 5.74) is 6.82. The second-order valence-corrected chi connectivity index (χ2v) is 4.70. The van der Waals surface area contributed by atoms with Crippen molar-refractivity contribution in [1.82, 2.24) is 24.7 Å². The summed E-state index contributed by atoms with van der Waals surface area (Å²) in [6, 6.07) is 0.316. The number of aryl methyl sites for hydroxylation is 1. The van der Waals surface area contributed by atoms with E-state index in [1.54, 1.807) is 12.5 Å². The van der Waals surface area contributed by atoms with Crippen molar-refractivity contribution < 1.29 is 0 Å². The summed E-state index contributed by atoms with van der Waals surface area (Å²) >= 11 is 0. The highest BCUT2D eigenvalue weighted by atomic mass is 15.4. The summed E-state index contributed by atoms with van der Waals surface area (Å²) in [5.74, 6) is 1.50. The first-order chi connectivity index (χ1) is 8.74. The van der Waals surface area contributed by atoms with Crippen LogP contribution in [0.3, 0.4) is 0 Å². The molecule has 18 heavy (non-hydrogen) atoms. The smallest absolute Gasteiger partial charge is 0.245 e. The van der Waals surface area contributed by atoms with E-state index in [9.17, 15) is 0 Å². The summed E-state index contributed by atoms with van der Waals surface area (Å²) < 4.78 is 1.91. The number of aromatic amines is 1. The molecule has 0 aliphatic carbocycles. The van der Waals surface area contributed by atoms with E-state index < -0.39 is 0 Å². The Kier molecular flexibility index (Phi) is 2.75. The third-order valence-electron chi connectivity index (χ3n) is 3.36. The summed E-state index contributed by atoms with van der Waals surface area (Å²) in [6.07, 6.45) is 5.51. The average molecular weight is 247 g/mol. The monoisotopic (exact) mass is 247 g/mol. The van der Waals surface area contributed by atoms with Gasteiger partial charge in [-0.2, -0.15) is 4.98 Å². The van der Waals surface area contributed by atoms with E-state index in [2.05, 4.69) is 25.1 Å². The molecule has 0 atom stereocenters. The average Bonchev–Trinajstić information content (AvgIpc) is 2.98. The molecule has 1 fully saturated rings. The van der Waals surface area contributed by atoms with Crippen molar-refractivity contribution in [3.05, 3.63) is 12.5 Å². The lowest BCUT2D eigenvalue weighted by atomic mass is 10.1. The minimum absolute atomic E-state index is 0.316. The van der Waals surface area contributed by atoms with Crippen LogP contribution in [0, 0.1) is 0 Å². The Morgan fingerprint density at radius 1 is 1.39 bits per heavy atom. The molecule has 3 N–H and O–H groups in total. The molecular weight excluding hydrogens is 230 g/mol. The molecule has 0 bridgehead atoms. The lowest BCUT2D eigenvalue weighted by molar-refractivity contribution is 0.496. The van der Waals surface area contributed by atoms with Crippen LogP contribution in [-0.2, 0) is 7.05 Å². The van der Waals surface area contributed by atoms with Crippen LogP contribution in [0.5, 0.6) is 0 Å². The van der Waals surface area contributed by atoms with Gasteiger partial charge in [0.1, 0.15) is 5.69 Å². The molecule has 0 spiro atoms. The molecule has 2 aromatic heterocycles. The summed E-state index contributed by atoms with van der Waals surface area (Å²) in [5, 5.41) is 7.23. The van der Waals surface area contributed by atoms with Crippen molar-refractivity contribution in [2.45, 2.75) is 18.9 Å². The molecule has 0 unspecified atom stereocenters. The Bertz CT molecular complexity index is 521. The molecule has 3 rings (SSSR count). The van der Waals surface area contributed by atoms with Crippen LogP contribution >= 0.6 is 0 Å². The van der Waals surface area contributed by atoms with Crippen molar-refractivity contribution in [2.75, 3.05) is 18.0 Å². The van der Waals surface area contributed by atoms with E-state index >= 15 is 0 Å². The first kappa shape index (κ1) is 11.2. The fourth-order valence-corrected chi connectivity index (χ4v) is 2.19. The van der Waals surface area contributed by atoms with Gasteiger partial charge in [0.05, 0.1) is 12.5 Å². The summed E-state index contributed by atoms with van der Waals surface area (Å²) in [4.78, 5) is 10.8. The lowest BCUT2D eigenvalue weighted by Crippen LogP contribution is -2.40. The van der Waals surface area contributed by atoms with Gasteiger partial charge in [-0.1, -0.05) is 0 Å². The van der Waals surface area contributed by atoms with Gasteiger partial charge in [-0.3, -0.25) is 5.10 Å². The van der Waals surface area contributed by atoms with Gasteiger partial charge in [-0.25, -0.2) is 4.98 Å². The number of rotatable bonds is 2. The molecule has 7 heteroatoms. The summed E-state index contributed by atoms with van der Waals surface area (Å²) in [7, 11) is 1.93. The van der Waals surface area contributed by atoms with Gasteiger partial charge in [0.2, 0.25) is 5.95 Å². The van der Waals surface area contributed by atoms with Crippen LogP contribution in [0.25, 0.3) is 11.5 Å². The fraction of sp³-hybridized carbons (Fsp3) is 0.545. The number of anilines is 1. The molecule has 96 valence electrons. The van der Waals surface area contributed by atoms with E-state index in [1.807, 2.05) is 11.6 Å². The first-order valence-corrected chi connectivity index (χ1v) is 6.13. The zero-order valence-corrected chi connectivity index (χ0v) is 10.4. The lowest BCUT2D eigenvalue weighted by Gasteiger charge is -2.28. The maximum atomic E-state index is 5.89. The molecule has 3 heterocycles. The van der Waals surface area contributed by atoms with Crippen LogP contribution in [0.1, 0.15) is 12.8 Å². The third-order valence-corrected chi connectivity index (χ3v) is 3.36. The topological polar surface area (TPSA) is 88.7 Å². The molecule has 2 aromatic rings. The van der Waals surface area contributed by atoms with Gasteiger partial charge in [-0.15, -0.1) is 5.10 Å². The normalized spacial score (nSPS) is 17.3. The van der Waals surface area contributed by atoms with Gasteiger partial charge in [0.15, 0.2) is 5.82 Å². The number of H-pyrrole nitrogens is 1. The molecule has 1 aliphatic heterocycles. The van der Waals surface area contributed by atoms with Gasteiger partial charge in [0, 0.05) is 26.2 Å². The van der Waals surface area contributed by atoms with Gasteiger partial charge in [0.25, 0.3) is 0 Å². The molecular formula is C11H17N7. The largest absolute Gasteiger partial charge is 0.339 e. The predicted molar refractivity (Wildman–Crippen MR) is 68.0 cm³/mol. The van der Waals surface area contributed by atoms with Gasteiger partial charge < -0.3 is 15.2 Å². The van der Waals surface area contributed by atoms with Crippen molar-refractivity contribution in [3.8, 4) is 11.5 Å². The zero-order chi connectivity index (χ0) is 12.5. The van der Waals surface area contributed by atoms with Crippen molar-refractivity contribution >= 4 is 5.95 Å². The standard InChI is InChI=1S/C11H17N7/c1-17-7-13-6-9(17)10-14-11(16-15-10)18-4-2-8(12)3-5-18/h6-8H,2-5,12H2,1H3,(H,14,15,16). The van der Waals surface area contributed by atoms with E-state index in [4.69, 9.17) is 5.73 Å². The van der Waals surface area contributed by atoms with E-state index in [0.29, 0.717) is 6.04 Å². The third kappa shape index (κ3) is 1.97. The first-order valence-electron chi connectivity index (χ1n) is 6.13. The Hall–Kier alpha value is -1.89. The predicted octanol–water partition coefficient (Wildman–Crippen LogP) is 0.133. The molecule has 1 saturated heterocycles. The number of hydrogen-bond donors (Lipinski definition) is 2. The fourth-order valence-electron chi connectivity index (χ4n) is 2.19. The van der Waals surface area contributed by atoms with Crippen molar-refractivity contribution in [2.24, 2.45) is 12.8 Å². The minimum Gasteiger partial charge on any atom is -0.339 e. The highest BCUT2D eigenvalue weighted by Crippen LogP contribution is 2.19. The van der Waals surface area contributed by atoms with Crippen LogP contribution in [-0.4, -0.2) is 43.9 Å². The Labute approximate surface area is 105 Å². The molecule has 0 radical (unpaired) electrons. The maximum Gasteiger partial charge on any atom is 0.245 e. The van der Waals surface area contributed by atoms with Crippen LogP contribution < -0.4 is 10.6 Å². The Morgan fingerprint density at radius 2 is 2.17 bits per heavy atom. The number of hydrogen-bond acceptors (Lipinski definition) is 5. The van der Waals surface area contributed by atoms with Gasteiger partial charge >= 0.3 is 0 Å². The Morgan fingerprint density at radius 3 is 2.83 bits per heavy atom. The second kappa shape index (κ2) is 4.41. The quantitative estimate of drug-likeness (QED) is 0.787. The second-order valence-electron chi connectivity index (χ2n) is 4.70. The number of nitrogens with one attached hydrogen (secondary N) is 1. The molecule has 0 amide bonds. The van der Waals surface area contributed by atoms with E-state index in [1.165, 1.54) is 0 Å². The van der Waals surface area contributed by atoms with Crippen molar-refractivity contribution in [3.63, 3.8) is 0 Å². The van der Waals surface area contributed by atoms with E-state index in [0.717, 1.165) is 43.4 Å².